The Morgan fingerprint density at radius 3 is 2.33 bits per heavy atom. The third-order valence-electron chi connectivity index (χ3n) is 2.11. The number of nitrogens with two attached hydrogens (primary N) is 1. The zero-order valence-electron chi connectivity index (χ0n) is 12.6. The smallest absolute Gasteiger partial charge is 0.146 e. The van der Waals surface area contributed by atoms with Crippen LogP contribution < -0.4 is 10.9 Å². The van der Waals surface area contributed by atoms with Gasteiger partial charge in [0.15, 0.2) is 0 Å². The molecule has 1 heterocycles. The molecule has 18 heavy (non-hydrogen) atoms. The van der Waals surface area contributed by atoms with E-state index in [4.69, 9.17) is 5.84 Å². The van der Waals surface area contributed by atoms with Crippen LogP contribution in [0.1, 0.15) is 47.1 Å². The minimum atomic E-state index is 0.652. The molecule has 1 rings (SSSR count). The maximum Gasteiger partial charge on any atom is 0.146 e. The van der Waals surface area contributed by atoms with Gasteiger partial charge in [-0.05, 0) is 37.8 Å². The second-order valence-electron chi connectivity index (χ2n) is 4.74. The van der Waals surface area contributed by atoms with Crippen molar-refractivity contribution in [1.29, 1.82) is 0 Å². The lowest BCUT2D eigenvalue weighted by Crippen LogP contribution is -2.25. The summed E-state index contributed by atoms with van der Waals surface area (Å²) in [5.41, 5.74) is 2.40. The third-order valence-corrected chi connectivity index (χ3v) is 2.11. The van der Waals surface area contributed by atoms with Crippen molar-refractivity contribution < 1.29 is 0 Å². The number of pyridine rings is 1. The van der Waals surface area contributed by atoms with Gasteiger partial charge in [0.25, 0.3) is 0 Å². The SMILES string of the molecule is CC.CC(C)=CN(N)c1ccc(CC(C)C)cn1. The van der Waals surface area contributed by atoms with Crippen LogP contribution in [0.2, 0.25) is 0 Å². The van der Waals surface area contributed by atoms with Crippen molar-refractivity contribution >= 4 is 5.82 Å². The van der Waals surface area contributed by atoms with Crippen molar-refractivity contribution in [3.05, 3.63) is 35.7 Å². The molecule has 1 aromatic rings. The molecule has 0 aliphatic carbocycles. The summed E-state index contributed by atoms with van der Waals surface area (Å²) in [5.74, 6) is 7.27. The number of hydrazine groups is 1. The zero-order valence-corrected chi connectivity index (χ0v) is 12.6. The number of aromatic nitrogens is 1. The van der Waals surface area contributed by atoms with Gasteiger partial charge in [0, 0.05) is 12.4 Å². The molecule has 0 aliphatic heterocycles. The van der Waals surface area contributed by atoms with Crippen LogP contribution in [-0.2, 0) is 6.42 Å². The first-order valence-corrected chi connectivity index (χ1v) is 6.63. The summed E-state index contributed by atoms with van der Waals surface area (Å²) in [6, 6.07) is 4.04. The molecular formula is C15H27N3. The van der Waals surface area contributed by atoms with E-state index in [0.717, 1.165) is 17.8 Å². The Labute approximate surface area is 112 Å². The number of hydrogen-bond acceptors (Lipinski definition) is 3. The minimum absolute atomic E-state index is 0.652. The molecule has 0 spiro atoms. The third kappa shape index (κ3) is 6.40. The fraction of sp³-hybridized carbons (Fsp3) is 0.533. The highest BCUT2D eigenvalue weighted by Gasteiger charge is 2.02. The van der Waals surface area contributed by atoms with Crippen LogP contribution in [0.4, 0.5) is 5.82 Å². The van der Waals surface area contributed by atoms with Crippen LogP contribution in [-0.4, -0.2) is 4.98 Å². The van der Waals surface area contributed by atoms with Gasteiger partial charge in [0.05, 0.1) is 0 Å². The highest BCUT2D eigenvalue weighted by Crippen LogP contribution is 2.12. The van der Waals surface area contributed by atoms with Gasteiger partial charge in [-0.2, -0.15) is 0 Å². The Morgan fingerprint density at radius 2 is 1.94 bits per heavy atom. The maximum atomic E-state index is 5.84. The van der Waals surface area contributed by atoms with E-state index in [1.165, 1.54) is 5.56 Å². The molecule has 0 bridgehead atoms. The zero-order chi connectivity index (χ0) is 14.1. The molecule has 0 saturated heterocycles. The second-order valence-corrected chi connectivity index (χ2v) is 4.74. The Morgan fingerprint density at radius 1 is 1.33 bits per heavy atom. The number of anilines is 1. The van der Waals surface area contributed by atoms with E-state index in [1.54, 1.807) is 5.01 Å². The molecule has 0 amide bonds. The van der Waals surface area contributed by atoms with Crippen LogP contribution in [0.3, 0.4) is 0 Å². The average Bonchev–Trinajstić information content (AvgIpc) is 2.31. The fourth-order valence-electron chi connectivity index (χ4n) is 1.51. The van der Waals surface area contributed by atoms with Crippen molar-refractivity contribution in [2.75, 3.05) is 5.01 Å². The molecule has 0 atom stereocenters. The first-order chi connectivity index (χ1) is 8.49. The van der Waals surface area contributed by atoms with Crippen molar-refractivity contribution in [3.8, 4) is 0 Å². The molecule has 0 saturated carbocycles. The molecule has 0 unspecified atom stereocenters. The Bertz CT molecular complexity index is 349. The summed E-state index contributed by atoms with van der Waals surface area (Å²) >= 11 is 0. The van der Waals surface area contributed by atoms with Crippen molar-refractivity contribution in [1.82, 2.24) is 4.98 Å². The molecule has 3 heteroatoms. The second kappa shape index (κ2) is 8.70. The minimum Gasteiger partial charge on any atom is -0.270 e. The number of hydrogen-bond donors (Lipinski definition) is 1. The highest BCUT2D eigenvalue weighted by molar-refractivity contribution is 5.41. The molecule has 0 fully saturated rings. The van der Waals surface area contributed by atoms with Gasteiger partial charge in [0.2, 0.25) is 0 Å². The lowest BCUT2D eigenvalue weighted by molar-refractivity contribution is 0.645. The van der Waals surface area contributed by atoms with Gasteiger partial charge in [0.1, 0.15) is 5.82 Å². The molecular weight excluding hydrogens is 222 g/mol. The Hall–Kier alpha value is -1.35. The highest BCUT2D eigenvalue weighted by atomic mass is 15.4. The quantitative estimate of drug-likeness (QED) is 0.650. The van der Waals surface area contributed by atoms with Gasteiger partial charge in [-0.3, -0.25) is 5.01 Å². The van der Waals surface area contributed by atoms with Crippen molar-refractivity contribution in [3.63, 3.8) is 0 Å². The van der Waals surface area contributed by atoms with Crippen molar-refractivity contribution in [2.24, 2.45) is 11.8 Å². The fourth-order valence-corrected chi connectivity index (χ4v) is 1.51. The average molecular weight is 249 g/mol. The predicted molar refractivity (Wildman–Crippen MR) is 80.2 cm³/mol. The number of rotatable bonds is 4. The van der Waals surface area contributed by atoms with Gasteiger partial charge in [-0.15, -0.1) is 0 Å². The predicted octanol–water partition coefficient (Wildman–Crippen LogP) is 3.91. The van der Waals surface area contributed by atoms with E-state index in [2.05, 4.69) is 24.9 Å². The summed E-state index contributed by atoms with van der Waals surface area (Å²) in [4.78, 5) is 4.34. The first kappa shape index (κ1) is 16.6. The molecule has 1 aromatic heterocycles. The molecule has 3 nitrogen and oxygen atoms in total. The van der Waals surface area contributed by atoms with Gasteiger partial charge in [-0.1, -0.05) is 39.3 Å². The normalized spacial score (nSPS) is 9.56. The monoisotopic (exact) mass is 249 g/mol. The molecule has 102 valence electrons. The summed E-state index contributed by atoms with van der Waals surface area (Å²) < 4.78 is 0. The topological polar surface area (TPSA) is 42.1 Å². The standard InChI is InChI=1S/C13H21N3.C2H6/c1-10(2)7-12-5-6-13(15-8-12)16(14)9-11(3)4;1-2/h5-6,8-10H,7,14H2,1-4H3;1-2H3. The summed E-state index contributed by atoms with van der Waals surface area (Å²) in [7, 11) is 0. The van der Waals surface area contributed by atoms with Crippen LogP contribution in [0.25, 0.3) is 0 Å². The lowest BCUT2D eigenvalue weighted by atomic mass is 10.1. The molecule has 0 aliphatic rings. The van der Waals surface area contributed by atoms with E-state index in [1.807, 2.05) is 46.2 Å². The van der Waals surface area contributed by atoms with E-state index < -0.39 is 0 Å². The largest absolute Gasteiger partial charge is 0.270 e. The Kier molecular flexibility index (Phi) is 8.05. The first-order valence-electron chi connectivity index (χ1n) is 6.63. The number of nitrogens with zero attached hydrogens (tertiary/aromatic N) is 2. The van der Waals surface area contributed by atoms with Gasteiger partial charge < -0.3 is 0 Å². The van der Waals surface area contributed by atoms with Crippen LogP contribution >= 0.6 is 0 Å². The summed E-state index contributed by atoms with van der Waals surface area (Å²) in [5, 5.41) is 1.55. The van der Waals surface area contributed by atoms with Gasteiger partial charge in [-0.25, -0.2) is 10.8 Å². The van der Waals surface area contributed by atoms with E-state index in [0.29, 0.717) is 5.92 Å². The van der Waals surface area contributed by atoms with E-state index in [9.17, 15) is 0 Å². The van der Waals surface area contributed by atoms with E-state index in [-0.39, 0.29) is 0 Å². The van der Waals surface area contributed by atoms with Crippen molar-refractivity contribution in [2.45, 2.75) is 48.0 Å². The summed E-state index contributed by atoms with van der Waals surface area (Å²) in [6.07, 6.45) is 4.82. The molecule has 2 N–H and O–H groups in total. The van der Waals surface area contributed by atoms with E-state index >= 15 is 0 Å². The summed E-state index contributed by atoms with van der Waals surface area (Å²) in [6.45, 7) is 12.4. The van der Waals surface area contributed by atoms with Gasteiger partial charge >= 0.3 is 0 Å². The molecule has 0 radical (unpaired) electrons. The molecule has 0 aromatic carbocycles. The van der Waals surface area contributed by atoms with Crippen LogP contribution in [0.15, 0.2) is 30.1 Å². The Balaban J connectivity index is 0.00000137. The van der Waals surface area contributed by atoms with Crippen LogP contribution in [0.5, 0.6) is 0 Å². The lowest BCUT2D eigenvalue weighted by Gasteiger charge is -2.13. The maximum absolute atomic E-state index is 5.84. The number of allylic oxidation sites excluding steroid dienone is 1. The van der Waals surface area contributed by atoms with Crippen LogP contribution in [0, 0.1) is 5.92 Å².